The number of methoxy groups -OCH3 is 2. The van der Waals surface area contributed by atoms with Crippen LogP contribution >= 0.6 is 0 Å². The summed E-state index contributed by atoms with van der Waals surface area (Å²) in [6.07, 6.45) is 0. The van der Waals surface area contributed by atoms with Crippen LogP contribution in [0.15, 0.2) is 48.5 Å². The zero-order chi connectivity index (χ0) is 23.7. The third-order valence-corrected chi connectivity index (χ3v) is 4.91. The van der Waals surface area contributed by atoms with Crippen molar-refractivity contribution in [2.24, 2.45) is 0 Å². The molecule has 2 aromatic rings. The second-order valence-corrected chi connectivity index (χ2v) is 6.98. The van der Waals surface area contributed by atoms with Gasteiger partial charge in [-0.05, 0) is 30.2 Å². The second-order valence-electron chi connectivity index (χ2n) is 6.98. The van der Waals surface area contributed by atoms with Crippen molar-refractivity contribution in [3.05, 3.63) is 70.8 Å². The van der Waals surface area contributed by atoms with Crippen molar-refractivity contribution in [3.63, 3.8) is 0 Å². The van der Waals surface area contributed by atoms with Crippen molar-refractivity contribution in [1.82, 2.24) is 4.90 Å². The summed E-state index contributed by atoms with van der Waals surface area (Å²) < 4.78 is 14.7. The highest BCUT2D eigenvalue weighted by Gasteiger charge is 2.27. The van der Waals surface area contributed by atoms with E-state index in [1.54, 1.807) is 23.1 Å². The van der Waals surface area contributed by atoms with Gasteiger partial charge < -0.3 is 19.1 Å². The van der Waals surface area contributed by atoms with Crippen LogP contribution < -0.4 is 0 Å². The predicted molar refractivity (Wildman–Crippen MR) is 116 cm³/mol. The monoisotopic (exact) mass is 441 g/mol. The van der Waals surface area contributed by atoms with Gasteiger partial charge in [-0.2, -0.15) is 0 Å². The van der Waals surface area contributed by atoms with Gasteiger partial charge in [0, 0.05) is 20.0 Å². The number of carbonyl (C=O) groups is 4. The van der Waals surface area contributed by atoms with Gasteiger partial charge in [-0.15, -0.1) is 0 Å². The summed E-state index contributed by atoms with van der Waals surface area (Å²) in [6.45, 7) is 3.61. The number of hydrogen-bond acceptors (Lipinski definition) is 7. The van der Waals surface area contributed by atoms with Crippen LogP contribution in [0.4, 0.5) is 0 Å². The minimum atomic E-state index is -0.682. The fourth-order valence-corrected chi connectivity index (χ4v) is 3.24. The lowest BCUT2D eigenvalue weighted by molar-refractivity contribution is -0.144. The molecule has 0 fully saturated rings. The molecule has 0 radical (unpaired) electrons. The lowest BCUT2D eigenvalue weighted by Gasteiger charge is -2.27. The maximum atomic E-state index is 13.4. The van der Waals surface area contributed by atoms with Crippen LogP contribution in [0, 0.1) is 0 Å². The fourth-order valence-electron chi connectivity index (χ4n) is 3.24. The minimum absolute atomic E-state index is 0.0554. The van der Waals surface area contributed by atoms with E-state index in [1.807, 2.05) is 25.1 Å². The average molecular weight is 441 g/mol. The van der Waals surface area contributed by atoms with Gasteiger partial charge in [-0.25, -0.2) is 9.59 Å². The Bertz CT molecular complexity index is 972. The number of rotatable bonds is 9. The molecule has 0 saturated heterocycles. The molecule has 0 aliphatic heterocycles. The SMILES string of the molecule is CCN(Cc1ccc(C(=O)OC)c(C(=O)OC)c1)C(=O)C(COC(C)=O)c1ccccc1. The molecule has 170 valence electrons. The number of likely N-dealkylation sites (N-methyl/N-ethyl adjacent to an activating group) is 1. The van der Waals surface area contributed by atoms with E-state index in [0.29, 0.717) is 12.1 Å². The number of esters is 3. The molecular formula is C24H27NO7. The Hall–Kier alpha value is -3.68. The van der Waals surface area contributed by atoms with Gasteiger partial charge in [0.15, 0.2) is 0 Å². The number of carbonyl (C=O) groups excluding carboxylic acids is 4. The Morgan fingerprint density at radius 2 is 1.53 bits per heavy atom. The molecule has 0 bridgehead atoms. The first-order valence-electron chi connectivity index (χ1n) is 10.1. The van der Waals surface area contributed by atoms with E-state index in [-0.39, 0.29) is 30.2 Å². The molecule has 8 nitrogen and oxygen atoms in total. The first kappa shape index (κ1) is 24.6. The molecule has 1 unspecified atom stereocenters. The van der Waals surface area contributed by atoms with Crippen molar-refractivity contribution in [2.75, 3.05) is 27.4 Å². The van der Waals surface area contributed by atoms with Crippen LogP contribution in [0.5, 0.6) is 0 Å². The summed E-state index contributed by atoms with van der Waals surface area (Å²) in [7, 11) is 2.44. The van der Waals surface area contributed by atoms with Gasteiger partial charge >= 0.3 is 17.9 Å². The standard InChI is InChI=1S/C24H27NO7/c1-5-25(22(27)21(15-32-16(2)26)18-9-7-6-8-10-18)14-17-11-12-19(23(28)30-3)20(13-17)24(29)31-4/h6-13,21H,5,14-15H2,1-4H3. The summed E-state index contributed by atoms with van der Waals surface area (Å²) in [4.78, 5) is 50.5. The molecule has 0 aliphatic carbocycles. The summed E-state index contributed by atoms with van der Waals surface area (Å²) in [5.74, 6) is -2.71. The molecule has 1 amide bonds. The molecule has 0 N–H and O–H groups in total. The van der Waals surface area contributed by atoms with Crippen LogP contribution in [-0.4, -0.2) is 56.1 Å². The molecule has 1 atom stereocenters. The Kier molecular flexibility index (Phi) is 8.95. The summed E-state index contributed by atoms with van der Waals surface area (Å²) in [5, 5.41) is 0. The van der Waals surface area contributed by atoms with Gasteiger partial charge in [-0.3, -0.25) is 9.59 Å². The Labute approximate surface area is 187 Å². The van der Waals surface area contributed by atoms with E-state index in [0.717, 1.165) is 5.56 Å². The third kappa shape index (κ3) is 6.16. The second kappa shape index (κ2) is 11.6. The third-order valence-electron chi connectivity index (χ3n) is 4.91. The Morgan fingerprint density at radius 3 is 2.09 bits per heavy atom. The maximum Gasteiger partial charge on any atom is 0.338 e. The zero-order valence-corrected chi connectivity index (χ0v) is 18.6. The van der Waals surface area contributed by atoms with Gasteiger partial charge in [-0.1, -0.05) is 36.4 Å². The van der Waals surface area contributed by atoms with Crippen LogP contribution in [-0.2, 0) is 30.3 Å². The smallest absolute Gasteiger partial charge is 0.338 e. The van der Waals surface area contributed by atoms with Crippen LogP contribution in [0.2, 0.25) is 0 Å². The van der Waals surface area contributed by atoms with E-state index in [9.17, 15) is 19.2 Å². The van der Waals surface area contributed by atoms with Crippen molar-refractivity contribution >= 4 is 23.8 Å². The van der Waals surface area contributed by atoms with E-state index < -0.39 is 23.8 Å². The van der Waals surface area contributed by atoms with Crippen molar-refractivity contribution in [2.45, 2.75) is 26.3 Å². The first-order valence-corrected chi connectivity index (χ1v) is 10.1. The molecule has 0 aliphatic rings. The van der Waals surface area contributed by atoms with Gasteiger partial charge in [0.05, 0.1) is 31.3 Å². The quantitative estimate of drug-likeness (QED) is 0.436. The molecule has 0 heterocycles. The predicted octanol–water partition coefficient (Wildman–Crippen LogP) is 2.96. The summed E-state index contributed by atoms with van der Waals surface area (Å²) >= 11 is 0. The van der Waals surface area contributed by atoms with Gasteiger partial charge in [0.2, 0.25) is 5.91 Å². The number of amides is 1. The summed E-state index contributed by atoms with van der Waals surface area (Å²) in [6, 6.07) is 13.7. The molecule has 8 heteroatoms. The highest BCUT2D eigenvalue weighted by Crippen LogP contribution is 2.22. The average Bonchev–Trinajstić information content (AvgIpc) is 2.81. The number of benzene rings is 2. The number of hydrogen-bond donors (Lipinski definition) is 0. The molecule has 32 heavy (non-hydrogen) atoms. The van der Waals surface area contributed by atoms with Gasteiger partial charge in [0.25, 0.3) is 0 Å². The largest absolute Gasteiger partial charge is 0.465 e. The minimum Gasteiger partial charge on any atom is -0.465 e. The van der Waals surface area contributed by atoms with E-state index in [1.165, 1.54) is 33.3 Å². The van der Waals surface area contributed by atoms with Crippen molar-refractivity contribution in [1.29, 1.82) is 0 Å². The van der Waals surface area contributed by atoms with Crippen LogP contribution in [0.25, 0.3) is 0 Å². The van der Waals surface area contributed by atoms with E-state index >= 15 is 0 Å². The van der Waals surface area contributed by atoms with Crippen molar-refractivity contribution in [3.8, 4) is 0 Å². The zero-order valence-electron chi connectivity index (χ0n) is 18.6. The molecule has 0 saturated carbocycles. The topological polar surface area (TPSA) is 99.2 Å². The Balaban J connectivity index is 2.34. The normalized spacial score (nSPS) is 11.2. The molecule has 2 rings (SSSR count). The molecule has 2 aromatic carbocycles. The fraction of sp³-hybridized carbons (Fsp3) is 0.333. The lowest BCUT2D eigenvalue weighted by atomic mass is 9.97. The van der Waals surface area contributed by atoms with E-state index in [2.05, 4.69) is 0 Å². The lowest BCUT2D eigenvalue weighted by Crippen LogP contribution is -2.36. The molecular weight excluding hydrogens is 414 g/mol. The highest BCUT2D eigenvalue weighted by molar-refractivity contribution is 6.03. The number of nitrogens with zero attached hydrogens (tertiary/aromatic N) is 1. The van der Waals surface area contributed by atoms with E-state index in [4.69, 9.17) is 14.2 Å². The maximum absolute atomic E-state index is 13.4. The first-order chi connectivity index (χ1) is 15.3. The van der Waals surface area contributed by atoms with Gasteiger partial charge in [0.1, 0.15) is 6.61 Å². The summed E-state index contributed by atoms with van der Waals surface area (Å²) in [5.41, 5.74) is 1.50. The van der Waals surface area contributed by atoms with Crippen LogP contribution in [0.1, 0.15) is 51.6 Å². The van der Waals surface area contributed by atoms with Crippen LogP contribution in [0.3, 0.4) is 0 Å². The highest BCUT2D eigenvalue weighted by atomic mass is 16.5. The van der Waals surface area contributed by atoms with Crippen molar-refractivity contribution < 1.29 is 33.4 Å². The Morgan fingerprint density at radius 1 is 0.906 bits per heavy atom. The molecule has 0 aromatic heterocycles. The molecule has 0 spiro atoms. The number of ether oxygens (including phenoxy) is 3.